The third kappa shape index (κ3) is 5.76. The molecule has 0 aliphatic carbocycles. The molecule has 0 amide bonds. The van der Waals surface area contributed by atoms with Gasteiger partial charge in [0, 0.05) is 6.54 Å². The molecular weight excluding hydrogens is 116 g/mol. The van der Waals surface area contributed by atoms with Gasteiger partial charge in [-0.3, -0.25) is 11.3 Å². The van der Waals surface area contributed by atoms with Crippen molar-refractivity contribution in [3.05, 3.63) is 0 Å². The van der Waals surface area contributed by atoms with Gasteiger partial charge >= 0.3 is 0 Å². The molecule has 0 saturated heterocycles. The highest BCUT2D eigenvalue weighted by molar-refractivity contribution is 4.58. The number of aliphatic hydroxyl groups is 1. The molecule has 0 heterocycles. The maximum atomic E-state index is 9.08. The molecule has 3 nitrogen and oxygen atoms in total. The lowest BCUT2D eigenvalue weighted by Gasteiger charge is -2.10. The second-order valence-electron chi connectivity index (χ2n) is 2.69. The van der Waals surface area contributed by atoms with E-state index in [4.69, 9.17) is 10.9 Å². The first-order valence-electron chi connectivity index (χ1n) is 3.28. The third-order valence-corrected chi connectivity index (χ3v) is 1.10. The van der Waals surface area contributed by atoms with Crippen molar-refractivity contribution in [3.8, 4) is 0 Å². The average Bonchev–Trinajstić information content (AvgIpc) is 1.63. The molecule has 1 unspecified atom stereocenters. The van der Waals surface area contributed by atoms with Crippen molar-refractivity contribution in [1.82, 2.24) is 5.43 Å². The lowest BCUT2D eigenvalue weighted by Crippen LogP contribution is -2.32. The van der Waals surface area contributed by atoms with Crippen LogP contribution in [0.1, 0.15) is 20.3 Å². The quantitative estimate of drug-likeness (QED) is 0.368. The highest BCUT2D eigenvalue weighted by Gasteiger charge is 2.03. The zero-order valence-electron chi connectivity index (χ0n) is 6.09. The summed E-state index contributed by atoms with van der Waals surface area (Å²) in [6.07, 6.45) is 0.513. The number of aliphatic hydroxyl groups excluding tert-OH is 1. The minimum absolute atomic E-state index is 0.296. The minimum Gasteiger partial charge on any atom is -0.392 e. The number of hydrogen-bond acceptors (Lipinski definition) is 3. The Morgan fingerprint density at radius 2 is 2.11 bits per heavy atom. The Bertz CT molecular complexity index is 66.1. The van der Waals surface area contributed by atoms with E-state index in [0.717, 1.165) is 6.42 Å². The van der Waals surface area contributed by atoms with E-state index < -0.39 is 0 Å². The molecular formula is C6H16N2O. The van der Waals surface area contributed by atoms with Crippen molar-refractivity contribution in [2.24, 2.45) is 11.8 Å². The van der Waals surface area contributed by atoms with Gasteiger partial charge in [-0.05, 0) is 12.3 Å². The van der Waals surface area contributed by atoms with Crippen LogP contribution < -0.4 is 11.3 Å². The number of rotatable bonds is 4. The van der Waals surface area contributed by atoms with Crippen LogP contribution in [-0.4, -0.2) is 17.8 Å². The summed E-state index contributed by atoms with van der Waals surface area (Å²) in [5, 5.41) is 9.08. The zero-order valence-corrected chi connectivity index (χ0v) is 6.09. The Morgan fingerprint density at radius 3 is 2.44 bits per heavy atom. The Kier molecular flexibility index (Phi) is 4.67. The van der Waals surface area contributed by atoms with Gasteiger partial charge in [0.15, 0.2) is 0 Å². The summed E-state index contributed by atoms with van der Waals surface area (Å²) in [6.45, 7) is 4.62. The van der Waals surface area contributed by atoms with E-state index in [0.29, 0.717) is 12.5 Å². The molecule has 3 heteroatoms. The molecule has 1 atom stereocenters. The maximum Gasteiger partial charge on any atom is 0.0680 e. The first kappa shape index (κ1) is 8.88. The molecule has 0 aliphatic rings. The van der Waals surface area contributed by atoms with Gasteiger partial charge in [-0.2, -0.15) is 0 Å². The number of hydrazine groups is 1. The smallest absolute Gasteiger partial charge is 0.0680 e. The zero-order chi connectivity index (χ0) is 7.28. The molecule has 0 radical (unpaired) electrons. The van der Waals surface area contributed by atoms with E-state index in [1.807, 2.05) is 0 Å². The molecule has 0 rings (SSSR count). The Hall–Kier alpha value is -0.120. The van der Waals surface area contributed by atoms with Crippen LogP contribution in [0.15, 0.2) is 0 Å². The SMILES string of the molecule is CC(C)CC(O)CNN. The molecule has 4 N–H and O–H groups in total. The van der Waals surface area contributed by atoms with Gasteiger partial charge in [-0.25, -0.2) is 0 Å². The van der Waals surface area contributed by atoms with Gasteiger partial charge in [0.05, 0.1) is 6.10 Å². The van der Waals surface area contributed by atoms with E-state index in [1.165, 1.54) is 0 Å². The number of nitrogens with two attached hydrogens (primary N) is 1. The maximum absolute atomic E-state index is 9.08. The van der Waals surface area contributed by atoms with Gasteiger partial charge < -0.3 is 5.11 Å². The summed E-state index contributed by atoms with van der Waals surface area (Å²) >= 11 is 0. The standard InChI is InChI=1S/C6H16N2O/c1-5(2)3-6(9)4-8-7/h5-6,8-9H,3-4,7H2,1-2H3. The molecule has 0 fully saturated rings. The van der Waals surface area contributed by atoms with Crippen molar-refractivity contribution in [1.29, 1.82) is 0 Å². The summed E-state index contributed by atoms with van der Waals surface area (Å²) in [4.78, 5) is 0. The third-order valence-electron chi connectivity index (χ3n) is 1.10. The average molecular weight is 132 g/mol. The largest absolute Gasteiger partial charge is 0.392 e. The Balaban J connectivity index is 3.15. The van der Waals surface area contributed by atoms with Gasteiger partial charge in [-0.1, -0.05) is 13.8 Å². The second kappa shape index (κ2) is 4.73. The van der Waals surface area contributed by atoms with Gasteiger partial charge in [0.25, 0.3) is 0 Å². The molecule has 0 spiro atoms. The lowest BCUT2D eigenvalue weighted by molar-refractivity contribution is 0.147. The van der Waals surface area contributed by atoms with Crippen LogP contribution in [0.25, 0.3) is 0 Å². The molecule has 56 valence electrons. The van der Waals surface area contributed by atoms with Crippen LogP contribution in [-0.2, 0) is 0 Å². The molecule has 0 aromatic heterocycles. The summed E-state index contributed by atoms with van der Waals surface area (Å²) in [5.74, 6) is 5.53. The summed E-state index contributed by atoms with van der Waals surface area (Å²) in [6, 6.07) is 0. The fourth-order valence-electron chi connectivity index (χ4n) is 0.764. The van der Waals surface area contributed by atoms with Gasteiger partial charge in [-0.15, -0.1) is 0 Å². The summed E-state index contributed by atoms with van der Waals surface area (Å²) in [5.41, 5.74) is 2.42. The van der Waals surface area contributed by atoms with Gasteiger partial charge in [0.2, 0.25) is 0 Å². The van der Waals surface area contributed by atoms with Crippen molar-refractivity contribution in [3.63, 3.8) is 0 Å². The monoisotopic (exact) mass is 132 g/mol. The topological polar surface area (TPSA) is 58.3 Å². The molecule has 0 aromatic carbocycles. The predicted octanol–water partition coefficient (Wildman–Crippen LogP) is -0.143. The number of nitrogens with one attached hydrogen (secondary N) is 1. The highest BCUT2D eigenvalue weighted by Crippen LogP contribution is 2.02. The van der Waals surface area contributed by atoms with Crippen LogP contribution >= 0.6 is 0 Å². The van der Waals surface area contributed by atoms with Crippen molar-refractivity contribution in [2.75, 3.05) is 6.54 Å². The second-order valence-corrected chi connectivity index (χ2v) is 2.69. The lowest BCUT2D eigenvalue weighted by atomic mass is 10.1. The fraction of sp³-hybridized carbons (Fsp3) is 1.00. The van der Waals surface area contributed by atoms with Gasteiger partial charge in [0.1, 0.15) is 0 Å². The van der Waals surface area contributed by atoms with Crippen molar-refractivity contribution in [2.45, 2.75) is 26.4 Å². The Morgan fingerprint density at radius 1 is 1.56 bits per heavy atom. The van der Waals surface area contributed by atoms with Crippen LogP contribution in [0, 0.1) is 5.92 Å². The molecule has 0 saturated carbocycles. The van der Waals surface area contributed by atoms with E-state index in [-0.39, 0.29) is 6.10 Å². The van der Waals surface area contributed by atoms with E-state index in [2.05, 4.69) is 19.3 Å². The fourth-order valence-corrected chi connectivity index (χ4v) is 0.764. The molecule has 0 bridgehead atoms. The van der Waals surface area contributed by atoms with Crippen LogP contribution in [0.2, 0.25) is 0 Å². The normalized spacial score (nSPS) is 14.3. The molecule has 0 aromatic rings. The van der Waals surface area contributed by atoms with Crippen LogP contribution in [0.4, 0.5) is 0 Å². The number of hydrogen-bond donors (Lipinski definition) is 3. The minimum atomic E-state index is -0.296. The predicted molar refractivity (Wildman–Crippen MR) is 37.7 cm³/mol. The van der Waals surface area contributed by atoms with Crippen LogP contribution in [0.5, 0.6) is 0 Å². The summed E-state index contributed by atoms with van der Waals surface area (Å²) in [7, 11) is 0. The first-order valence-corrected chi connectivity index (χ1v) is 3.28. The van der Waals surface area contributed by atoms with E-state index in [1.54, 1.807) is 0 Å². The first-order chi connectivity index (χ1) is 4.16. The highest BCUT2D eigenvalue weighted by atomic mass is 16.3. The Labute approximate surface area is 56.2 Å². The van der Waals surface area contributed by atoms with Crippen molar-refractivity contribution >= 4 is 0 Å². The van der Waals surface area contributed by atoms with E-state index >= 15 is 0 Å². The summed E-state index contributed by atoms with van der Waals surface area (Å²) < 4.78 is 0. The van der Waals surface area contributed by atoms with E-state index in [9.17, 15) is 0 Å². The molecule has 9 heavy (non-hydrogen) atoms. The van der Waals surface area contributed by atoms with Crippen molar-refractivity contribution < 1.29 is 5.11 Å². The van der Waals surface area contributed by atoms with Crippen LogP contribution in [0.3, 0.4) is 0 Å². The molecule has 0 aliphatic heterocycles.